The van der Waals surface area contributed by atoms with Crippen molar-refractivity contribution in [3.8, 4) is 0 Å². The van der Waals surface area contributed by atoms with E-state index in [-0.39, 0.29) is 0 Å². The van der Waals surface area contributed by atoms with Gasteiger partial charge < -0.3 is 16.0 Å². The molecule has 5 heteroatoms. The van der Waals surface area contributed by atoms with Crippen LogP contribution in [0.1, 0.15) is 16.8 Å². The van der Waals surface area contributed by atoms with E-state index in [1.807, 2.05) is 13.1 Å². The normalized spacial score (nSPS) is 19.6. The summed E-state index contributed by atoms with van der Waals surface area (Å²) in [5.74, 6) is -0.397. The lowest BCUT2D eigenvalue weighted by Gasteiger charge is -2.20. The molecule has 2 rings (SSSR count). The molecule has 0 aliphatic carbocycles. The highest BCUT2D eigenvalue weighted by Gasteiger charge is 2.22. The summed E-state index contributed by atoms with van der Waals surface area (Å²) in [6.45, 7) is 2.02. The Balaban J connectivity index is 2.20. The molecule has 1 atom stereocenters. The molecule has 0 bridgehead atoms. The van der Waals surface area contributed by atoms with Crippen LogP contribution in [0, 0.1) is 0 Å². The zero-order chi connectivity index (χ0) is 12.4. The van der Waals surface area contributed by atoms with Gasteiger partial charge in [-0.2, -0.15) is 0 Å². The number of carbonyl (C=O) groups excluding carboxylic acids is 1. The summed E-state index contributed by atoms with van der Waals surface area (Å²) in [6.07, 6.45) is 1.14. The molecule has 0 saturated carbocycles. The molecule has 0 aromatic heterocycles. The summed E-state index contributed by atoms with van der Waals surface area (Å²) in [5.41, 5.74) is 6.90. The lowest BCUT2D eigenvalue weighted by molar-refractivity contribution is 0.100. The number of anilines is 1. The molecule has 1 heterocycles. The van der Waals surface area contributed by atoms with Crippen LogP contribution in [0.4, 0.5) is 5.69 Å². The molecule has 1 aliphatic rings. The van der Waals surface area contributed by atoms with Crippen molar-refractivity contribution in [3.63, 3.8) is 0 Å². The molecule has 4 nitrogen and oxygen atoms in total. The minimum atomic E-state index is -0.397. The Morgan fingerprint density at radius 3 is 2.88 bits per heavy atom. The van der Waals surface area contributed by atoms with Crippen LogP contribution in [-0.4, -0.2) is 32.1 Å². The fraction of sp³-hybridized carbons (Fsp3) is 0.417. The highest BCUT2D eigenvalue weighted by Crippen LogP contribution is 2.29. The van der Waals surface area contributed by atoms with E-state index in [9.17, 15) is 4.79 Å². The SMILES string of the molecule is CNC1CCN(c2ccc(C(N)=O)cc2Br)C1. The first-order chi connectivity index (χ1) is 8.11. The maximum atomic E-state index is 11.1. The summed E-state index contributed by atoms with van der Waals surface area (Å²) in [5, 5.41) is 3.28. The molecular weight excluding hydrogens is 282 g/mol. The number of nitrogens with one attached hydrogen (secondary N) is 1. The Bertz CT molecular complexity index is 436. The standard InChI is InChI=1S/C12H16BrN3O/c1-15-9-4-5-16(7-9)11-3-2-8(12(14)17)6-10(11)13/h2-3,6,9,15H,4-5,7H2,1H3,(H2,14,17). The average molecular weight is 298 g/mol. The number of nitrogens with two attached hydrogens (primary N) is 1. The Hall–Kier alpha value is -1.07. The van der Waals surface area contributed by atoms with Gasteiger partial charge in [0, 0.05) is 29.2 Å². The van der Waals surface area contributed by atoms with Crippen molar-refractivity contribution in [1.29, 1.82) is 0 Å². The average Bonchev–Trinajstić information content (AvgIpc) is 2.77. The molecular formula is C12H16BrN3O. The Morgan fingerprint density at radius 2 is 2.35 bits per heavy atom. The van der Waals surface area contributed by atoms with Crippen molar-refractivity contribution in [2.75, 3.05) is 25.0 Å². The van der Waals surface area contributed by atoms with E-state index in [1.54, 1.807) is 12.1 Å². The lowest BCUT2D eigenvalue weighted by Crippen LogP contribution is -2.29. The molecule has 0 spiro atoms. The summed E-state index contributed by atoms with van der Waals surface area (Å²) in [6, 6.07) is 6.04. The van der Waals surface area contributed by atoms with Crippen LogP contribution in [0.15, 0.2) is 22.7 Å². The van der Waals surface area contributed by atoms with E-state index >= 15 is 0 Å². The molecule has 1 aromatic rings. The van der Waals surface area contributed by atoms with Crippen molar-refractivity contribution in [2.45, 2.75) is 12.5 Å². The maximum Gasteiger partial charge on any atom is 0.248 e. The fourth-order valence-electron chi connectivity index (χ4n) is 2.13. The van der Waals surface area contributed by atoms with Crippen LogP contribution in [0.5, 0.6) is 0 Å². The third-order valence-corrected chi connectivity index (χ3v) is 3.80. The number of hydrogen-bond acceptors (Lipinski definition) is 3. The van der Waals surface area contributed by atoms with Crippen LogP contribution >= 0.6 is 15.9 Å². The Labute approximate surface area is 109 Å². The smallest absolute Gasteiger partial charge is 0.248 e. The van der Waals surface area contributed by atoms with Crippen molar-refractivity contribution in [2.24, 2.45) is 5.73 Å². The van der Waals surface area contributed by atoms with Gasteiger partial charge in [0.2, 0.25) is 5.91 Å². The molecule has 1 aromatic carbocycles. The van der Waals surface area contributed by atoms with Crippen molar-refractivity contribution < 1.29 is 4.79 Å². The van der Waals surface area contributed by atoms with Crippen LogP contribution in [0.25, 0.3) is 0 Å². The third kappa shape index (κ3) is 2.61. The van der Waals surface area contributed by atoms with Gasteiger partial charge in [0.25, 0.3) is 0 Å². The predicted octanol–water partition coefficient (Wildman–Crippen LogP) is 1.35. The number of amides is 1. The van der Waals surface area contributed by atoms with Crippen LogP contribution < -0.4 is 16.0 Å². The van der Waals surface area contributed by atoms with E-state index in [0.29, 0.717) is 11.6 Å². The Morgan fingerprint density at radius 1 is 1.59 bits per heavy atom. The second kappa shape index (κ2) is 5.06. The summed E-state index contributed by atoms with van der Waals surface area (Å²) in [4.78, 5) is 13.4. The molecule has 92 valence electrons. The highest BCUT2D eigenvalue weighted by atomic mass is 79.9. The first-order valence-electron chi connectivity index (χ1n) is 5.63. The number of hydrogen-bond donors (Lipinski definition) is 2. The topological polar surface area (TPSA) is 58.4 Å². The zero-order valence-corrected chi connectivity index (χ0v) is 11.3. The van der Waals surface area contributed by atoms with Crippen LogP contribution in [0.3, 0.4) is 0 Å². The minimum absolute atomic E-state index is 0.397. The second-order valence-corrected chi connectivity index (χ2v) is 5.11. The highest BCUT2D eigenvalue weighted by molar-refractivity contribution is 9.10. The quantitative estimate of drug-likeness (QED) is 0.885. The number of carbonyl (C=O) groups is 1. The van der Waals surface area contributed by atoms with Crippen LogP contribution in [-0.2, 0) is 0 Å². The number of likely N-dealkylation sites (N-methyl/N-ethyl adjacent to an activating group) is 1. The lowest BCUT2D eigenvalue weighted by atomic mass is 10.2. The van der Waals surface area contributed by atoms with Gasteiger partial charge in [-0.05, 0) is 47.6 Å². The number of benzene rings is 1. The van der Waals surface area contributed by atoms with Gasteiger partial charge in [-0.3, -0.25) is 4.79 Å². The fourth-order valence-corrected chi connectivity index (χ4v) is 2.76. The molecule has 1 fully saturated rings. The first kappa shape index (κ1) is 12.4. The largest absolute Gasteiger partial charge is 0.369 e. The van der Waals surface area contributed by atoms with E-state index < -0.39 is 5.91 Å². The van der Waals surface area contributed by atoms with Crippen molar-refractivity contribution >= 4 is 27.5 Å². The van der Waals surface area contributed by atoms with E-state index in [4.69, 9.17) is 5.73 Å². The van der Waals surface area contributed by atoms with E-state index in [0.717, 1.165) is 29.7 Å². The van der Waals surface area contributed by atoms with Gasteiger partial charge in [-0.15, -0.1) is 0 Å². The van der Waals surface area contributed by atoms with E-state index in [1.165, 1.54) is 0 Å². The number of rotatable bonds is 3. The molecule has 3 N–H and O–H groups in total. The predicted molar refractivity (Wildman–Crippen MR) is 72.3 cm³/mol. The van der Waals surface area contributed by atoms with Gasteiger partial charge >= 0.3 is 0 Å². The van der Waals surface area contributed by atoms with Crippen molar-refractivity contribution in [3.05, 3.63) is 28.2 Å². The van der Waals surface area contributed by atoms with Crippen LogP contribution in [0.2, 0.25) is 0 Å². The Kier molecular flexibility index (Phi) is 3.69. The van der Waals surface area contributed by atoms with Gasteiger partial charge in [0.1, 0.15) is 0 Å². The molecule has 1 unspecified atom stereocenters. The summed E-state index contributed by atoms with van der Waals surface area (Å²) >= 11 is 3.50. The monoisotopic (exact) mass is 297 g/mol. The molecule has 0 radical (unpaired) electrons. The first-order valence-corrected chi connectivity index (χ1v) is 6.42. The number of primary amides is 1. The van der Waals surface area contributed by atoms with Gasteiger partial charge in [-0.25, -0.2) is 0 Å². The third-order valence-electron chi connectivity index (χ3n) is 3.17. The molecule has 1 amide bonds. The summed E-state index contributed by atoms with van der Waals surface area (Å²) < 4.78 is 0.922. The molecule has 1 saturated heterocycles. The maximum absolute atomic E-state index is 11.1. The van der Waals surface area contributed by atoms with Gasteiger partial charge in [0.05, 0.1) is 5.69 Å². The second-order valence-electron chi connectivity index (χ2n) is 4.25. The number of nitrogens with zero attached hydrogens (tertiary/aromatic N) is 1. The zero-order valence-electron chi connectivity index (χ0n) is 9.74. The molecule has 1 aliphatic heterocycles. The van der Waals surface area contributed by atoms with Crippen molar-refractivity contribution in [1.82, 2.24) is 5.32 Å². The minimum Gasteiger partial charge on any atom is -0.369 e. The van der Waals surface area contributed by atoms with Gasteiger partial charge in [-0.1, -0.05) is 0 Å². The summed E-state index contributed by atoms with van der Waals surface area (Å²) in [7, 11) is 1.99. The van der Waals surface area contributed by atoms with Gasteiger partial charge in [0.15, 0.2) is 0 Å². The van der Waals surface area contributed by atoms with E-state index in [2.05, 4.69) is 26.1 Å². The number of halogens is 1. The molecule has 17 heavy (non-hydrogen) atoms.